The van der Waals surface area contributed by atoms with Gasteiger partial charge in [0, 0.05) is 37.7 Å². The molecule has 1 aliphatic heterocycles. The van der Waals surface area contributed by atoms with Crippen LogP contribution in [0, 0.1) is 5.92 Å². The van der Waals surface area contributed by atoms with Crippen LogP contribution in [0.4, 0.5) is 10.5 Å². The Kier molecular flexibility index (Phi) is 7.54. The topological polar surface area (TPSA) is 90.9 Å². The number of rotatable bonds is 6. The van der Waals surface area contributed by atoms with Gasteiger partial charge in [-0.3, -0.25) is 4.79 Å². The summed E-state index contributed by atoms with van der Waals surface area (Å²) < 4.78 is 5.13. The summed E-state index contributed by atoms with van der Waals surface area (Å²) in [4.78, 5) is 26.7. The Balaban J connectivity index is 1.46. The molecule has 0 spiro atoms. The highest BCUT2D eigenvalue weighted by molar-refractivity contribution is 6.31. The monoisotopic (exact) mass is 431 g/mol. The number of amides is 3. The van der Waals surface area contributed by atoms with E-state index >= 15 is 0 Å². The molecule has 1 aliphatic rings. The van der Waals surface area contributed by atoms with Gasteiger partial charge < -0.3 is 25.4 Å². The molecule has 3 rings (SSSR count). The number of nitrogens with zero attached hydrogens (tertiary/aromatic N) is 1. The van der Waals surface area contributed by atoms with Gasteiger partial charge in [-0.15, -0.1) is 0 Å². The molecule has 2 aromatic rings. The Labute approximate surface area is 181 Å². The number of methoxy groups -OCH3 is 1. The molecule has 3 N–H and O–H groups in total. The fraction of sp³-hybridized carbons (Fsp3) is 0.364. The van der Waals surface area contributed by atoms with Gasteiger partial charge in [-0.25, -0.2) is 4.79 Å². The van der Waals surface area contributed by atoms with Crippen molar-refractivity contribution in [2.45, 2.75) is 26.0 Å². The number of carbonyl (C=O) groups excluding carboxylic acids is 2. The fourth-order valence-corrected chi connectivity index (χ4v) is 3.65. The normalized spacial score (nSPS) is 14.4. The third kappa shape index (κ3) is 5.87. The second kappa shape index (κ2) is 10.3. The Hall–Kier alpha value is -2.77. The molecule has 30 heavy (non-hydrogen) atoms. The molecule has 0 aromatic heterocycles. The molecule has 0 radical (unpaired) electrons. The number of phenolic OH excluding ortho intramolecular Hbond substituents is 1. The number of benzene rings is 2. The molecule has 0 saturated carbocycles. The van der Waals surface area contributed by atoms with Crippen molar-refractivity contribution in [3.8, 4) is 5.75 Å². The molecule has 3 amide bonds. The summed E-state index contributed by atoms with van der Waals surface area (Å²) in [5.74, 6) is -0.431. The molecular formula is C22H26ClN3O4. The molecule has 7 nitrogen and oxygen atoms in total. The van der Waals surface area contributed by atoms with Crippen LogP contribution in [0.2, 0.25) is 5.02 Å². The maximum atomic E-state index is 12.5. The van der Waals surface area contributed by atoms with E-state index in [0.717, 1.165) is 11.1 Å². The van der Waals surface area contributed by atoms with Crippen molar-refractivity contribution in [2.24, 2.45) is 5.92 Å². The predicted octanol–water partition coefficient (Wildman–Crippen LogP) is 3.75. The van der Waals surface area contributed by atoms with Gasteiger partial charge in [-0.2, -0.15) is 0 Å². The van der Waals surface area contributed by atoms with Gasteiger partial charge in [0.25, 0.3) is 0 Å². The van der Waals surface area contributed by atoms with E-state index in [4.69, 9.17) is 16.3 Å². The SMILES string of the molecule is COCc1cccc(CNC(=O)N2CCC(C(=O)Nc3cc(Cl)ccc3O)CC2)c1. The van der Waals surface area contributed by atoms with Gasteiger partial charge >= 0.3 is 6.03 Å². The standard InChI is InChI=1S/C22H26ClN3O4/c1-30-14-16-4-2-3-15(11-16)13-24-22(29)26-9-7-17(8-10-26)21(28)25-19-12-18(23)5-6-20(19)27/h2-6,11-12,17,27H,7-10,13-14H2,1H3,(H,24,29)(H,25,28). The quantitative estimate of drug-likeness (QED) is 0.607. The van der Waals surface area contributed by atoms with Crippen LogP contribution in [0.3, 0.4) is 0 Å². The third-order valence-electron chi connectivity index (χ3n) is 5.12. The summed E-state index contributed by atoms with van der Waals surface area (Å²) in [6, 6.07) is 12.3. The third-order valence-corrected chi connectivity index (χ3v) is 5.35. The van der Waals surface area contributed by atoms with Crippen molar-refractivity contribution in [1.82, 2.24) is 10.2 Å². The Morgan fingerprint density at radius 2 is 1.90 bits per heavy atom. The van der Waals surface area contributed by atoms with E-state index in [1.807, 2.05) is 24.3 Å². The molecule has 0 atom stereocenters. The second-order valence-electron chi connectivity index (χ2n) is 7.32. The first kappa shape index (κ1) is 21.9. The highest BCUT2D eigenvalue weighted by Crippen LogP contribution is 2.28. The van der Waals surface area contributed by atoms with Crippen LogP contribution in [0.1, 0.15) is 24.0 Å². The highest BCUT2D eigenvalue weighted by Gasteiger charge is 2.27. The molecule has 160 valence electrons. The zero-order valence-corrected chi connectivity index (χ0v) is 17.6. The summed E-state index contributed by atoms with van der Waals surface area (Å²) in [6.07, 6.45) is 1.12. The summed E-state index contributed by atoms with van der Waals surface area (Å²) in [6.45, 7) is 1.96. The number of nitrogens with one attached hydrogen (secondary N) is 2. The lowest BCUT2D eigenvalue weighted by Gasteiger charge is -2.31. The smallest absolute Gasteiger partial charge is 0.317 e. The van der Waals surface area contributed by atoms with E-state index in [1.54, 1.807) is 18.1 Å². The van der Waals surface area contributed by atoms with Crippen molar-refractivity contribution in [1.29, 1.82) is 0 Å². The maximum absolute atomic E-state index is 12.5. The van der Waals surface area contributed by atoms with Crippen LogP contribution >= 0.6 is 11.6 Å². The molecular weight excluding hydrogens is 406 g/mol. The average molecular weight is 432 g/mol. The summed E-state index contributed by atoms with van der Waals surface area (Å²) in [7, 11) is 1.65. The number of aromatic hydroxyl groups is 1. The van der Waals surface area contributed by atoms with Crippen molar-refractivity contribution in [3.63, 3.8) is 0 Å². The number of piperidine rings is 1. The average Bonchev–Trinajstić information content (AvgIpc) is 2.75. The van der Waals surface area contributed by atoms with Gasteiger partial charge in [0.05, 0.1) is 12.3 Å². The number of hydrogen-bond acceptors (Lipinski definition) is 4. The van der Waals surface area contributed by atoms with Gasteiger partial charge in [0.2, 0.25) is 5.91 Å². The first-order valence-electron chi connectivity index (χ1n) is 9.85. The molecule has 1 saturated heterocycles. The number of hydrogen-bond donors (Lipinski definition) is 3. The van der Waals surface area contributed by atoms with E-state index in [9.17, 15) is 14.7 Å². The van der Waals surface area contributed by atoms with E-state index < -0.39 is 0 Å². The van der Waals surface area contributed by atoms with Crippen LogP contribution < -0.4 is 10.6 Å². The minimum atomic E-state index is -0.224. The summed E-state index contributed by atoms with van der Waals surface area (Å²) in [5, 5.41) is 15.9. The largest absolute Gasteiger partial charge is 0.506 e. The molecule has 0 bridgehead atoms. The number of phenols is 1. The van der Waals surface area contributed by atoms with Crippen molar-refractivity contribution >= 4 is 29.2 Å². The number of anilines is 1. The van der Waals surface area contributed by atoms with Crippen LogP contribution in [-0.4, -0.2) is 42.1 Å². The second-order valence-corrected chi connectivity index (χ2v) is 7.76. The molecule has 0 unspecified atom stereocenters. The van der Waals surface area contributed by atoms with Crippen molar-refractivity contribution in [3.05, 3.63) is 58.6 Å². The molecule has 1 heterocycles. The lowest BCUT2D eigenvalue weighted by molar-refractivity contribution is -0.121. The summed E-state index contributed by atoms with van der Waals surface area (Å²) >= 11 is 5.92. The molecule has 2 aromatic carbocycles. The minimum absolute atomic E-state index is 0.0286. The zero-order valence-electron chi connectivity index (χ0n) is 16.9. The Bertz CT molecular complexity index is 898. The van der Waals surface area contributed by atoms with E-state index in [1.165, 1.54) is 12.1 Å². The predicted molar refractivity (Wildman–Crippen MR) is 115 cm³/mol. The van der Waals surface area contributed by atoms with Crippen LogP contribution in [0.15, 0.2) is 42.5 Å². The van der Waals surface area contributed by atoms with Crippen molar-refractivity contribution in [2.75, 3.05) is 25.5 Å². The lowest BCUT2D eigenvalue weighted by atomic mass is 9.96. The van der Waals surface area contributed by atoms with Crippen LogP contribution in [0.5, 0.6) is 5.75 Å². The minimum Gasteiger partial charge on any atom is -0.506 e. The molecule has 8 heteroatoms. The van der Waals surface area contributed by atoms with E-state index in [-0.39, 0.29) is 23.6 Å². The van der Waals surface area contributed by atoms with Gasteiger partial charge in [-0.1, -0.05) is 35.9 Å². The number of ether oxygens (including phenoxy) is 1. The lowest BCUT2D eigenvalue weighted by Crippen LogP contribution is -2.45. The number of likely N-dealkylation sites (tertiary alicyclic amines) is 1. The van der Waals surface area contributed by atoms with E-state index in [0.29, 0.717) is 49.8 Å². The number of carbonyl (C=O) groups is 2. The first-order valence-corrected chi connectivity index (χ1v) is 10.2. The van der Waals surface area contributed by atoms with Gasteiger partial charge in [0.1, 0.15) is 5.75 Å². The Morgan fingerprint density at radius 3 is 2.63 bits per heavy atom. The fourth-order valence-electron chi connectivity index (χ4n) is 3.47. The van der Waals surface area contributed by atoms with Crippen LogP contribution in [-0.2, 0) is 22.7 Å². The summed E-state index contributed by atoms with van der Waals surface area (Å²) in [5.41, 5.74) is 2.36. The van der Waals surface area contributed by atoms with Crippen molar-refractivity contribution < 1.29 is 19.4 Å². The van der Waals surface area contributed by atoms with Gasteiger partial charge in [0.15, 0.2) is 0 Å². The first-order chi connectivity index (χ1) is 14.5. The number of halogens is 1. The van der Waals surface area contributed by atoms with Gasteiger partial charge in [-0.05, 0) is 42.2 Å². The zero-order chi connectivity index (χ0) is 21.5. The number of urea groups is 1. The molecule has 0 aliphatic carbocycles. The van der Waals surface area contributed by atoms with E-state index in [2.05, 4.69) is 10.6 Å². The van der Waals surface area contributed by atoms with Crippen LogP contribution in [0.25, 0.3) is 0 Å². The Morgan fingerprint density at radius 1 is 1.17 bits per heavy atom. The maximum Gasteiger partial charge on any atom is 0.317 e. The molecule has 1 fully saturated rings. The highest BCUT2D eigenvalue weighted by atomic mass is 35.5.